The van der Waals surface area contributed by atoms with E-state index in [4.69, 9.17) is 21.3 Å². The topological polar surface area (TPSA) is 91.7 Å². The maximum absolute atomic E-state index is 11.9. The zero-order valence-electron chi connectivity index (χ0n) is 9.12. The third-order valence-electron chi connectivity index (χ3n) is 1.44. The second-order valence-electron chi connectivity index (χ2n) is 3.02. The third-order valence-corrected chi connectivity index (χ3v) is 2.66. The smallest absolute Gasteiger partial charge is 0.434 e. The van der Waals surface area contributed by atoms with Crippen molar-refractivity contribution < 1.29 is 44.8 Å². The summed E-state index contributed by atoms with van der Waals surface area (Å²) in [7, 11) is -6.30. The van der Waals surface area contributed by atoms with Gasteiger partial charge in [-0.2, -0.15) is 26.0 Å². The number of alkyl halides is 6. The molecule has 0 bridgehead atoms. The van der Waals surface area contributed by atoms with Gasteiger partial charge in [-0.25, -0.2) is 4.39 Å². The Bertz CT molecular complexity index is 385. The van der Waals surface area contributed by atoms with Crippen molar-refractivity contribution in [2.45, 2.75) is 24.0 Å². The van der Waals surface area contributed by atoms with Gasteiger partial charge in [0.05, 0.1) is 0 Å². The largest absolute Gasteiger partial charge is 0.481 e. The van der Waals surface area contributed by atoms with E-state index in [9.17, 15) is 35.2 Å². The van der Waals surface area contributed by atoms with Crippen LogP contribution in [0.4, 0.5) is 22.0 Å². The van der Waals surface area contributed by atoms with E-state index < -0.39 is 33.9 Å². The lowest BCUT2D eigenvalue weighted by Gasteiger charge is -2.20. The van der Waals surface area contributed by atoms with Gasteiger partial charge in [0, 0.05) is 12.3 Å². The summed E-state index contributed by atoms with van der Waals surface area (Å²) in [5, 5.41) is 2.19. The molecule has 0 unspecified atom stereocenters. The molecule has 0 aromatic carbocycles. The minimum atomic E-state index is -6.30. The van der Waals surface area contributed by atoms with E-state index in [2.05, 4.69) is 0 Å². The van der Waals surface area contributed by atoms with Gasteiger partial charge in [-0.3, -0.25) is 9.35 Å². The molecule has 5 nitrogen and oxygen atoms in total. The molecule has 0 rings (SSSR count). The first-order valence-electron chi connectivity index (χ1n) is 4.40. The number of carboxylic acids is 1. The summed E-state index contributed by atoms with van der Waals surface area (Å²) in [6, 6.07) is 0. The van der Waals surface area contributed by atoms with Crippen LogP contribution in [-0.4, -0.2) is 47.8 Å². The van der Waals surface area contributed by atoms with Crippen LogP contribution in [0.1, 0.15) is 12.8 Å². The van der Waals surface area contributed by atoms with Crippen molar-refractivity contribution >= 4 is 27.7 Å². The Kier molecular flexibility index (Phi) is 8.47. The predicted molar refractivity (Wildman–Crippen MR) is 55.0 cm³/mol. The van der Waals surface area contributed by atoms with Crippen LogP contribution in [0.2, 0.25) is 0 Å². The summed E-state index contributed by atoms with van der Waals surface area (Å²) in [5.41, 5.74) is 0. The Morgan fingerprint density at radius 2 is 1.63 bits per heavy atom. The van der Waals surface area contributed by atoms with Crippen molar-refractivity contribution in [2.24, 2.45) is 0 Å². The molecule has 12 heteroatoms. The molecule has 0 aromatic rings. The van der Waals surface area contributed by atoms with Gasteiger partial charge in [-0.1, -0.05) is 0 Å². The van der Waals surface area contributed by atoms with Gasteiger partial charge in [0.25, 0.3) is 0 Å². The molecule has 0 saturated heterocycles. The molecule has 2 N–H and O–H groups in total. The second kappa shape index (κ2) is 7.80. The van der Waals surface area contributed by atoms with Crippen LogP contribution < -0.4 is 0 Å². The molecule has 0 amide bonds. The molecule has 0 saturated carbocycles. The first-order valence-corrected chi connectivity index (χ1v) is 6.37. The molecule has 0 radical (unpaired) electrons. The number of aliphatic carboxylic acids is 1. The van der Waals surface area contributed by atoms with E-state index in [1.165, 1.54) is 0 Å². The van der Waals surface area contributed by atoms with E-state index in [0.717, 1.165) is 0 Å². The molecule has 0 aromatic heterocycles. The molecule has 0 aliphatic carbocycles. The zero-order valence-corrected chi connectivity index (χ0v) is 10.7. The van der Waals surface area contributed by atoms with Crippen LogP contribution in [0.5, 0.6) is 0 Å². The Labute approximate surface area is 110 Å². The van der Waals surface area contributed by atoms with Crippen molar-refractivity contribution in [1.82, 2.24) is 0 Å². The number of rotatable bonds is 6. The quantitative estimate of drug-likeness (QED) is 0.440. The lowest BCUT2D eigenvalue weighted by Crippen LogP contribution is -2.48. The van der Waals surface area contributed by atoms with E-state index in [1.807, 2.05) is 0 Å². The van der Waals surface area contributed by atoms with Gasteiger partial charge >= 0.3 is 27.3 Å². The first kappa shape index (κ1) is 20.6. The van der Waals surface area contributed by atoms with Crippen LogP contribution in [-0.2, 0) is 14.9 Å². The standard InChI is InChI=1S/C4H7ClO2.C3H3F5O3S/c5-3-1-2-4(6)7;4-1-2(5,6)3(7,8)12(9,10)11/h1-3H2,(H,6,7);1H2,(H,9,10,11). The molecule has 0 spiro atoms. The molecule has 0 aliphatic rings. The number of carboxylic acid groups (broad SMARTS) is 1. The van der Waals surface area contributed by atoms with Crippen LogP contribution in [0.3, 0.4) is 0 Å². The fourth-order valence-corrected chi connectivity index (χ4v) is 1.05. The molecule has 0 aliphatic heterocycles. The van der Waals surface area contributed by atoms with Crippen molar-refractivity contribution in [3.05, 3.63) is 0 Å². The van der Waals surface area contributed by atoms with E-state index in [1.54, 1.807) is 0 Å². The highest BCUT2D eigenvalue weighted by atomic mass is 35.5. The number of hydrogen-bond acceptors (Lipinski definition) is 3. The second-order valence-corrected chi connectivity index (χ2v) is 4.86. The Balaban J connectivity index is 0. The van der Waals surface area contributed by atoms with Gasteiger partial charge in [-0.15, -0.1) is 11.6 Å². The first-order chi connectivity index (χ1) is 8.33. The summed E-state index contributed by atoms with van der Waals surface area (Å²) >= 11 is 5.18. The molecule has 0 fully saturated rings. The maximum atomic E-state index is 11.9. The average molecular weight is 337 g/mol. The molecule has 0 heterocycles. The predicted octanol–water partition coefficient (Wildman–Crippen LogP) is 2.16. The monoisotopic (exact) mass is 336 g/mol. The number of carbonyl (C=O) groups is 1. The molecule has 19 heavy (non-hydrogen) atoms. The van der Waals surface area contributed by atoms with Crippen molar-refractivity contribution in [3.63, 3.8) is 0 Å². The number of hydrogen-bond donors (Lipinski definition) is 2. The van der Waals surface area contributed by atoms with Crippen molar-refractivity contribution in [1.29, 1.82) is 0 Å². The van der Waals surface area contributed by atoms with E-state index in [0.29, 0.717) is 12.3 Å². The Morgan fingerprint density at radius 3 is 1.74 bits per heavy atom. The average Bonchev–Trinajstić information content (AvgIpc) is 2.25. The highest BCUT2D eigenvalue weighted by Crippen LogP contribution is 2.38. The normalized spacial score (nSPS) is 12.6. The SMILES string of the molecule is O=C(O)CCCCl.O=S(=O)(O)C(F)(F)C(F)(F)CF. The van der Waals surface area contributed by atoms with Crippen molar-refractivity contribution in [3.8, 4) is 0 Å². The van der Waals surface area contributed by atoms with Crippen LogP contribution in [0.25, 0.3) is 0 Å². The molecule has 0 atom stereocenters. The lowest BCUT2D eigenvalue weighted by atomic mass is 10.3. The lowest BCUT2D eigenvalue weighted by molar-refractivity contribution is -0.168. The number of halogens is 6. The molecule has 116 valence electrons. The highest BCUT2D eigenvalue weighted by molar-refractivity contribution is 7.87. The maximum Gasteiger partial charge on any atom is 0.434 e. The Morgan fingerprint density at radius 1 is 1.21 bits per heavy atom. The van der Waals surface area contributed by atoms with Crippen LogP contribution >= 0.6 is 11.6 Å². The van der Waals surface area contributed by atoms with Crippen LogP contribution in [0.15, 0.2) is 0 Å². The third kappa shape index (κ3) is 6.87. The van der Waals surface area contributed by atoms with E-state index >= 15 is 0 Å². The van der Waals surface area contributed by atoms with Gasteiger partial charge in [0.15, 0.2) is 6.67 Å². The van der Waals surface area contributed by atoms with Gasteiger partial charge < -0.3 is 5.11 Å². The minimum absolute atomic E-state index is 0.184. The summed E-state index contributed by atoms with van der Waals surface area (Å²) in [5.74, 6) is -5.76. The van der Waals surface area contributed by atoms with Gasteiger partial charge in [0.1, 0.15) is 0 Å². The molecular weight excluding hydrogens is 327 g/mol. The summed E-state index contributed by atoms with van der Waals surface area (Å²) in [4.78, 5) is 9.70. The minimum Gasteiger partial charge on any atom is -0.481 e. The van der Waals surface area contributed by atoms with Crippen LogP contribution in [0, 0.1) is 0 Å². The fraction of sp³-hybridized carbons (Fsp3) is 0.857. The zero-order chi connectivity index (χ0) is 15.9. The Hall–Kier alpha value is -0.680. The summed E-state index contributed by atoms with van der Waals surface area (Å²) < 4.78 is 85.3. The fourth-order valence-electron chi connectivity index (χ4n) is 0.485. The van der Waals surface area contributed by atoms with Gasteiger partial charge in [0.2, 0.25) is 0 Å². The highest BCUT2D eigenvalue weighted by Gasteiger charge is 2.65. The van der Waals surface area contributed by atoms with Gasteiger partial charge in [-0.05, 0) is 6.42 Å². The summed E-state index contributed by atoms with van der Waals surface area (Å²) in [6.07, 6.45) is 0.750. The molecular formula is C7H10ClF5O5S. The van der Waals surface area contributed by atoms with E-state index in [-0.39, 0.29) is 6.42 Å². The summed E-state index contributed by atoms with van der Waals surface area (Å²) in [6.45, 7) is -2.88. The van der Waals surface area contributed by atoms with Crippen molar-refractivity contribution in [2.75, 3.05) is 12.6 Å².